The number of benzene rings is 2. The topological polar surface area (TPSA) is 112 Å². The van der Waals surface area contributed by atoms with Gasteiger partial charge in [0.05, 0.1) is 30.1 Å². The monoisotopic (exact) mass is 673 g/mol. The summed E-state index contributed by atoms with van der Waals surface area (Å²) in [5.74, 6) is -0.837. The number of pyridine rings is 1. The van der Waals surface area contributed by atoms with Crippen molar-refractivity contribution in [3.63, 3.8) is 0 Å². The van der Waals surface area contributed by atoms with Gasteiger partial charge in [0.2, 0.25) is 0 Å². The molecule has 1 saturated heterocycles. The van der Waals surface area contributed by atoms with Gasteiger partial charge in [-0.2, -0.15) is 0 Å². The number of alkyl halides is 2. The third kappa shape index (κ3) is 6.97. The van der Waals surface area contributed by atoms with Crippen LogP contribution in [0.3, 0.4) is 0 Å². The molecule has 4 aromatic rings. The van der Waals surface area contributed by atoms with Crippen molar-refractivity contribution in [2.24, 2.45) is 11.1 Å². The minimum absolute atomic E-state index is 0.0548. The summed E-state index contributed by atoms with van der Waals surface area (Å²) in [7, 11) is 1.66. The molecule has 3 atom stereocenters. The molecular formula is C38H45F2N5O4. The predicted octanol–water partition coefficient (Wildman–Crippen LogP) is 6.53. The summed E-state index contributed by atoms with van der Waals surface area (Å²) in [4.78, 5) is 31.5. The quantitative estimate of drug-likeness (QED) is 0.232. The zero-order chi connectivity index (χ0) is 35.0. The van der Waals surface area contributed by atoms with E-state index in [4.69, 9.17) is 20.2 Å². The Morgan fingerprint density at radius 3 is 2.67 bits per heavy atom. The van der Waals surface area contributed by atoms with Crippen LogP contribution in [0.4, 0.5) is 8.78 Å². The van der Waals surface area contributed by atoms with Crippen molar-refractivity contribution in [1.29, 1.82) is 0 Å². The van der Waals surface area contributed by atoms with E-state index in [2.05, 4.69) is 42.9 Å². The number of nitrogens with one attached hydrogen (secondary N) is 1. The Bertz CT molecular complexity index is 1870. The predicted molar refractivity (Wildman–Crippen MR) is 185 cm³/mol. The molecule has 2 aliphatic heterocycles. The number of hydrogen-bond donors (Lipinski definition) is 2. The third-order valence-electron chi connectivity index (χ3n) is 9.69. The summed E-state index contributed by atoms with van der Waals surface area (Å²) in [5.41, 5.74) is 15.4. The first-order valence-electron chi connectivity index (χ1n) is 17.0. The second-order valence-corrected chi connectivity index (χ2v) is 14.0. The summed E-state index contributed by atoms with van der Waals surface area (Å²) in [5, 5.41) is 2.34. The molecule has 1 amide bonds. The van der Waals surface area contributed by atoms with E-state index in [1.165, 1.54) is 17.1 Å². The average Bonchev–Trinajstić information content (AvgIpc) is 3.40. The number of esters is 1. The van der Waals surface area contributed by atoms with Crippen LogP contribution in [-0.4, -0.2) is 58.8 Å². The number of aryl methyl sites for hydroxylation is 1. The molecule has 6 bridgehead atoms. The van der Waals surface area contributed by atoms with Crippen molar-refractivity contribution < 1.29 is 27.8 Å². The lowest BCUT2D eigenvalue weighted by molar-refractivity contribution is -0.154. The van der Waals surface area contributed by atoms with Crippen LogP contribution in [-0.2, 0) is 38.4 Å². The van der Waals surface area contributed by atoms with Gasteiger partial charge in [-0.1, -0.05) is 32.0 Å². The minimum atomic E-state index is -2.71. The number of nitrogens with two attached hydrogens (primary N) is 1. The Morgan fingerprint density at radius 2 is 1.94 bits per heavy atom. The largest absolute Gasteiger partial charge is 0.464 e. The van der Waals surface area contributed by atoms with E-state index < -0.39 is 35.8 Å². The van der Waals surface area contributed by atoms with Gasteiger partial charge in [0.25, 0.3) is 12.3 Å². The smallest absolute Gasteiger partial charge is 0.324 e. The number of cyclic esters (lactones) is 1. The molecule has 1 fully saturated rings. The summed E-state index contributed by atoms with van der Waals surface area (Å²) in [6.45, 7) is 9.36. The first-order chi connectivity index (χ1) is 23.4. The van der Waals surface area contributed by atoms with E-state index >= 15 is 0 Å². The van der Waals surface area contributed by atoms with Crippen LogP contribution >= 0.6 is 0 Å². The van der Waals surface area contributed by atoms with Crippen molar-refractivity contribution in [3.8, 4) is 22.4 Å². The number of methoxy groups -OCH3 is 1. The molecule has 2 aromatic carbocycles. The molecule has 2 aliphatic rings. The SMILES string of the molecule is CCn1c(-c2cccnc2[C@H](C)OC)c2c3cc(ccc31)-c1cc(cc(C(F)F)c1)C[C@H](N)C(=O)N1CCC[C@H](N1)C(=O)OCC(C)(C)C2. The molecule has 0 spiro atoms. The van der Waals surface area contributed by atoms with Crippen LogP contribution < -0.4 is 11.2 Å². The number of fused-ring (bicyclic) bond motifs is 6. The van der Waals surface area contributed by atoms with Gasteiger partial charge in [0, 0.05) is 53.8 Å². The lowest BCUT2D eigenvalue weighted by atomic mass is 9.84. The zero-order valence-corrected chi connectivity index (χ0v) is 28.8. The number of carbonyl (C=O) groups is 2. The lowest BCUT2D eigenvalue weighted by Crippen LogP contribution is -2.59. The van der Waals surface area contributed by atoms with Crippen molar-refractivity contribution in [2.75, 3.05) is 20.3 Å². The van der Waals surface area contributed by atoms with Gasteiger partial charge in [-0.25, -0.2) is 14.2 Å². The van der Waals surface area contributed by atoms with Gasteiger partial charge in [0.15, 0.2) is 0 Å². The lowest BCUT2D eigenvalue weighted by Gasteiger charge is -2.35. The number of rotatable bonds is 5. The number of aromatic nitrogens is 2. The maximum absolute atomic E-state index is 14.3. The first kappa shape index (κ1) is 34.7. The van der Waals surface area contributed by atoms with E-state index in [1.54, 1.807) is 13.3 Å². The molecule has 4 heterocycles. The van der Waals surface area contributed by atoms with Crippen LogP contribution in [0.2, 0.25) is 0 Å². The summed E-state index contributed by atoms with van der Waals surface area (Å²) in [6, 6.07) is 13.1. The van der Waals surface area contributed by atoms with Crippen LogP contribution in [0.5, 0.6) is 0 Å². The summed E-state index contributed by atoms with van der Waals surface area (Å²) >= 11 is 0. The molecule has 2 aromatic heterocycles. The number of amides is 1. The average molecular weight is 674 g/mol. The second kappa shape index (κ2) is 14.0. The van der Waals surface area contributed by atoms with E-state index in [9.17, 15) is 18.4 Å². The van der Waals surface area contributed by atoms with Gasteiger partial charge < -0.3 is 19.8 Å². The number of nitrogens with zero attached hydrogens (tertiary/aromatic N) is 3. The molecule has 0 unspecified atom stereocenters. The second-order valence-electron chi connectivity index (χ2n) is 14.0. The van der Waals surface area contributed by atoms with Crippen molar-refractivity contribution >= 4 is 22.8 Å². The fourth-order valence-corrected chi connectivity index (χ4v) is 7.15. The van der Waals surface area contributed by atoms with Gasteiger partial charge in [-0.05, 0) is 92.1 Å². The maximum Gasteiger partial charge on any atom is 0.324 e. The van der Waals surface area contributed by atoms with Crippen LogP contribution in [0.15, 0.2) is 54.7 Å². The highest BCUT2D eigenvalue weighted by Crippen LogP contribution is 2.42. The molecule has 0 aliphatic carbocycles. The molecule has 0 saturated carbocycles. The summed E-state index contributed by atoms with van der Waals surface area (Å²) < 4.78 is 42.5. The zero-order valence-electron chi connectivity index (χ0n) is 28.8. The van der Waals surface area contributed by atoms with Crippen LogP contribution in [0.1, 0.15) is 75.5 Å². The van der Waals surface area contributed by atoms with E-state index in [1.807, 2.05) is 31.2 Å². The van der Waals surface area contributed by atoms with Crippen molar-refractivity contribution in [3.05, 3.63) is 77.1 Å². The van der Waals surface area contributed by atoms with E-state index in [0.29, 0.717) is 43.5 Å². The highest BCUT2D eigenvalue weighted by atomic mass is 19.3. The number of halogens is 2. The number of hydrogen-bond acceptors (Lipinski definition) is 7. The minimum Gasteiger partial charge on any atom is -0.464 e. The molecule has 6 rings (SSSR count). The fourth-order valence-electron chi connectivity index (χ4n) is 7.15. The standard InChI is InChI=1S/C38H45F2N5O4/c1-6-44-32-12-11-24-19-28(32)29(34(44)27-9-7-13-42-33(27)22(2)48-5)20-38(3,4)21-49-37(47)31-10-8-14-45(43-31)36(46)30(41)17-23-15-25(24)18-26(16-23)35(39)40/h7,9,11-13,15-16,18-19,22,30-31,35,43H,6,8,10,14,17,20-21,41H2,1-5H3/t22-,30-,31-/m0/s1. The number of ether oxygens (including phenoxy) is 2. The highest BCUT2D eigenvalue weighted by molar-refractivity contribution is 5.95. The Morgan fingerprint density at radius 1 is 1.14 bits per heavy atom. The molecule has 3 N–H and O–H groups in total. The molecule has 0 radical (unpaired) electrons. The first-order valence-corrected chi connectivity index (χ1v) is 17.0. The van der Waals surface area contributed by atoms with Crippen molar-refractivity contribution in [1.82, 2.24) is 20.0 Å². The Labute approximate surface area is 285 Å². The molecule has 49 heavy (non-hydrogen) atoms. The number of hydrazine groups is 1. The van der Waals surface area contributed by atoms with E-state index in [-0.39, 0.29) is 24.7 Å². The Kier molecular flexibility index (Phi) is 9.88. The van der Waals surface area contributed by atoms with Gasteiger partial charge in [-0.15, -0.1) is 0 Å². The third-order valence-corrected chi connectivity index (χ3v) is 9.69. The van der Waals surface area contributed by atoms with Crippen molar-refractivity contribution in [2.45, 2.75) is 84.5 Å². The Hall–Kier alpha value is -4.19. The molecule has 260 valence electrons. The Balaban J connectivity index is 1.59. The molecular weight excluding hydrogens is 628 g/mol. The van der Waals surface area contributed by atoms with Crippen LogP contribution in [0.25, 0.3) is 33.3 Å². The van der Waals surface area contributed by atoms with Gasteiger partial charge in [0.1, 0.15) is 6.04 Å². The molecule has 11 heteroatoms. The molecule has 9 nitrogen and oxygen atoms in total. The van der Waals surface area contributed by atoms with Crippen LogP contribution in [0, 0.1) is 5.41 Å². The highest BCUT2D eigenvalue weighted by Gasteiger charge is 2.34. The van der Waals surface area contributed by atoms with Gasteiger partial charge >= 0.3 is 5.97 Å². The fraction of sp³-hybridized carbons (Fsp3) is 0.447. The van der Waals surface area contributed by atoms with E-state index in [0.717, 1.165) is 39.0 Å². The summed E-state index contributed by atoms with van der Waals surface area (Å²) in [6.07, 6.45) is 0.475. The van der Waals surface area contributed by atoms with Gasteiger partial charge in [-0.3, -0.25) is 19.6 Å². The normalized spacial score (nSPS) is 20.7. The maximum atomic E-state index is 14.3. The number of carbonyl (C=O) groups excluding carboxylic acids is 2.